The fourth-order valence-electron chi connectivity index (χ4n) is 2.74. The van der Waals surface area contributed by atoms with Crippen molar-refractivity contribution < 1.29 is 0 Å². The van der Waals surface area contributed by atoms with Crippen molar-refractivity contribution in [3.63, 3.8) is 0 Å². The van der Waals surface area contributed by atoms with Crippen LogP contribution in [-0.2, 0) is 0 Å². The number of benzene rings is 1. The predicted octanol–water partition coefficient (Wildman–Crippen LogP) is 4.75. The predicted molar refractivity (Wildman–Crippen MR) is 107 cm³/mol. The lowest BCUT2D eigenvalue weighted by Gasteiger charge is -2.22. The highest BCUT2D eigenvalue weighted by atomic mass is 35.5. The fourth-order valence-corrected chi connectivity index (χ4v) is 2.92. The van der Waals surface area contributed by atoms with E-state index in [0.717, 1.165) is 37.2 Å². The summed E-state index contributed by atoms with van der Waals surface area (Å²) in [5.74, 6) is 1.30. The van der Waals surface area contributed by atoms with Crippen LogP contribution < -0.4 is 10.2 Å². The lowest BCUT2D eigenvalue weighted by molar-refractivity contribution is 0.723. The second kappa shape index (κ2) is 8.27. The summed E-state index contributed by atoms with van der Waals surface area (Å²) < 4.78 is 0. The zero-order chi connectivity index (χ0) is 18.5. The Morgan fingerprint density at radius 1 is 1.04 bits per heavy atom. The number of hydrogen-bond acceptors (Lipinski definition) is 6. The maximum atomic E-state index is 6.25. The lowest BCUT2D eigenvalue weighted by Crippen LogP contribution is -2.27. The molecule has 26 heavy (non-hydrogen) atoms. The zero-order valence-electron chi connectivity index (χ0n) is 15.3. The van der Waals surface area contributed by atoms with Crippen LogP contribution in [0.4, 0.5) is 17.5 Å². The van der Waals surface area contributed by atoms with E-state index in [1.165, 1.54) is 0 Å². The Balaban J connectivity index is 2.05. The standard InChI is InChI=1S/C19H23ClN6/c1-4-10-26(11-5-2)19-24-17-16(21-8-9-22-17)18(25-19)23-14-7-6-13(3)15(20)12-14/h6-9,12H,4-5,10-11H2,1-3H3,(H,22,23,24,25). The number of aryl methyl sites for hydroxylation is 1. The molecule has 3 rings (SSSR count). The van der Waals surface area contributed by atoms with Gasteiger partial charge in [-0.05, 0) is 37.5 Å². The van der Waals surface area contributed by atoms with Crippen LogP contribution in [0.15, 0.2) is 30.6 Å². The monoisotopic (exact) mass is 370 g/mol. The Hall–Kier alpha value is -2.47. The first kappa shape index (κ1) is 18.3. The van der Waals surface area contributed by atoms with E-state index >= 15 is 0 Å². The molecule has 0 fully saturated rings. The van der Waals surface area contributed by atoms with Gasteiger partial charge in [0.15, 0.2) is 17.0 Å². The van der Waals surface area contributed by atoms with Gasteiger partial charge in [-0.2, -0.15) is 9.97 Å². The summed E-state index contributed by atoms with van der Waals surface area (Å²) in [5, 5.41) is 4.04. The molecule has 3 aromatic rings. The first-order valence-corrected chi connectivity index (χ1v) is 9.27. The van der Waals surface area contributed by atoms with Crippen molar-refractivity contribution in [2.75, 3.05) is 23.3 Å². The van der Waals surface area contributed by atoms with Crippen molar-refractivity contribution in [1.82, 2.24) is 19.9 Å². The van der Waals surface area contributed by atoms with E-state index in [9.17, 15) is 0 Å². The highest BCUT2D eigenvalue weighted by Gasteiger charge is 2.15. The van der Waals surface area contributed by atoms with Crippen molar-refractivity contribution in [1.29, 1.82) is 0 Å². The molecule has 0 saturated heterocycles. The van der Waals surface area contributed by atoms with Gasteiger partial charge in [0.05, 0.1) is 0 Å². The molecule has 2 heterocycles. The third kappa shape index (κ3) is 4.02. The maximum absolute atomic E-state index is 6.25. The third-order valence-electron chi connectivity index (χ3n) is 4.03. The van der Waals surface area contributed by atoms with Gasteiger partial charge in [0.1, 0.15) is 0 Å². The van der Waals surface area contributed by atoms with Gasteiger partial charge in [0.25, 0.3) is 0 Å². The number of hydrogen-bond donors (Lipinski definition) is 1. The van der Waals surface area contributed by atoms with Gasteiger partial charge >= 0.3 is 0 Å². The molecule has 0 unspecified atom stereocenters. The normalized spacial score (nSPS) is 10.9. The van der Waals surface area contributed by atoms with Crippen molar-refractivity contribution in [3.8, 4) is 0 Å². The number of nitrogens with zero attached hydrogens (tertiary/aromatic N) is 5. The topological polar surface area (TPSA) is 66.8 Å². The fraction of sp³-hybridized carbons (Fsp3) is 0.368. The van der Waals surface area contributed by atoms with Crippen LogP contribution in [0, 0.1) is 6.92 Å². The highest BCUT2D eigenvalue weighted by molar-refractivity contribution is 6.31. The largest absolute Gasteiger partial charge is 0.341 e. The zero-order valence-corrected chi connectivity index (χ0v) is 16.1. The van der Waals surface area contributed by atoms with Gasteiger partial charge in [0, 0.05) is 36.2 Å². The highest BCUT2D eigenvalue weighted by Crippen LogP contribution is 2.26. The molecular formula is C19H23ClN6. The first-order chi connectivity index (χ1) is 12.6. The summed E-state index contributed by atoms with van der Waals surface area (Å²) in [7, 11) is 0. The Morgan fingerprint density at radius 3 is 2.46 bits per heavy atom. The SMILES string of the molecule is CCCN(CCC)c1nc(Nc2ccc(C)c(Cl)c2)c2nccnc2n1. The molecule has 0 saturated carbocycles. The quantitative estimate of drug-likeness (QED) is 0.647. The number of halogens is 1. The van der Waals surface area contributed by atoms with E-state index in [4.69, 9.17) is 16.6 Å². The van der Waals surface area contributed by atoms with Crippen molar-refractivity contribution in [2.24, 2.45) is 0 Å². The number of rotatable bonds is 7. The van der Waals surface area contributed by atoms with Crippen LogP contribution in [0.1, 0.15) is 32.3 Å². The van der Waals surface area contributed by atoms with Crippen molar-refractivity contribution >= 4 is 40.2 Å². The van der Waals surface area contributed by atoms with Gasteiger partial charge < -0.3 is 10.2 Å². The minimum atomic E-state index is 0.579. The molecule has 0 bridgehead atoms. The number of anilines is 3. The Labute approximate surface area is 158 Å². The maximum Gasteiger partial charge on any atom is 0.229 e. The molecule has 0 amide bonds. The second-order valence-electron chi connectivity index (χ2n) is 6.18. The second-order valence-corrected chi connectivity index (χ2v) is 6.58. The van der Waals surface area contributed by atoms with Crippen LogP contribution in [0.25, 0.3) is 11.2 Å². The Morgan fingerprint density at radius 2 is 1.77 bits per heavy atom. The van der Waals surface area contributed by atoms with Crippen molar-refractivity contribution in [3.05, 3.63) is 41.2 Å². The molecule has 2 aromatic heterocycles. The molecular weight excluding hydrogens is 348 g/mol. The van der Waals surface area contributed by atoms with Gasteiger partial charge in [-0.25, -0.2) is 9.97 Å². The Kier molecular flexibility index (Phi) is 5.83. The molecule has 6 nitrogen and oxygen atoms in total. The molecule has 0 atom stereocenters. The molecule has 136 valence electrons. The molecule has 0 aliphatic rings. The summed E-state index contributed by atoms with van der Waals surface area (Å²) in [5.41, 5.74) is 3.10. The molecule has 0 aliphatic heterocycles. The molecule has 1 aromatic carbocycles. The summed E-state index contributed by atoms with van der Waals surface area (Å²) in [6.45, 7) is 8.07. The van der Waals surface area contributed by atoms with E-state index in [0.29, 0.717) is 28.0 Å². The van der Waals surface area contributed by atoms with Gasteiger partial charge in [-0.3, -0.25) is 0 Å². The summed E-state index contributed by atoms with van der Waals surface area (Å²) >= 11 is 6.25. The van der Waals surface area contributed by atoms with E-state index < -0.39 is 0 Å². The van der Waals surface area contributed by atoms with E-state index in [1.54, 1.807) is 12.4 Å². The average Bonchev–Trinajstić information content (AvgIpc) is 2.64. The first-order valence-electron chi connectivity index (χ1n) is 8.89. The van der Waals surface area contributed by atoms with E-state index in [1.807, 2.05) is 25.1 Å². The van der Waals surface area contributed by atoms with Crippen LogP contribution in [0.2, 0.25) is 5.02 Å². The van der Waals surface area contributed by atoms with Gasteiger partial charge in [-0.15, -0.1) is 0 Å². The minimum Gasteiger partial charge on any atom is -0.341 e. The smallest absolute Gasteiger partial charge is 0.229 e. The van der Waals surface area contributed by atoms with E-state index in [2.05, 4.69) is 39.0 Å². The number of aromatic nitrogens is 4. The van der Waals surface area contributed by atoms with Crippen LogP contribution >= 0.6 is 11.6 Å². The number of nitrogens with one attached hydrogen (secondary N) is 1. The molecule has 0 spiro atoms. The van der Waals surface area contributed by atoms with Crippen LogP contribution in [0.3, 0.4) is 0 Å². The minimum absolute atomic E-state index is 0.579. The molecule has 1 N–H and O–H groups in total. The molecule has 0 aliphatic carbocycles. The lowest BCUT2D eigenvalue weighted by atomic mass is 10.2. The number of fused-ring (bicyclic) bond motifs is 1. The summed E-state index contributed by atoms with van der Waals surface area (Å²) in [6.07, 6.45) is 5.35. The third-order valence-corrected chi connectivity index (χ3v) is 4.43. The van der Waals surface area contributed by atoms with Gasteiger partial charge in [0.2, 0.25) is 5.95 Å². The molecule has 7 heteroatoms. The average molecular weight is 371 g/mol. The van der Waals surface area contributed by atoms with Crippen LogP contribution in [0.5, 0.6) is 0 Å². The summed E-state index contributed by atoms with van der Waals surface area (Å²) in [4.78, 5) is 20.3. The molecule has 0 radical (unpaired) electrons. The van der Waals surface area contributed by atoms with Crippen molar-refractivity contribution in [2.45, 2.75) is 33.6 Å². The van der Waals surface area contributed by atoms with Crippen LogP contribution in [-0.4, -0.2) is 33.0 Å². The van der Waals surface area contributed by atoms with E-state index in [-0.39, 0.29) is 0 Å². The Bertz CT molecular complexity index is 892. The summed E-state index contributed by atoms with van der Waals surface area (Å²) in [6, 6.07) is 5.83. The van der Waals surface area contributed by atoms with Gasteiger partial charge in [-0.1, -0.05) is 31.5 Å².